The maximum absolute atomic E-state index is 3.58. The van der Waals surface area contributed by atoms with E-state index in [1.165, 1.54) is 32.4 Å². The molecule has 2 fully saturated rings. The van der Waals surface area contributed by atoms with Gasteiger partial charge in [0.15, 0.2) is 0 Å². The van der Waals surface area contributed by atoms with Gasteiger partial charge >= 0.3 is 0 Å². The van der Waals surface area contributed by atoms with E-state index < -0.39 is 0 Å². The van der Waals surface area contributed by atoms with Crippen molar-refractivity contribution in [2.75, 3.05) is 34.2 Å². The smallest absolute Gasteiger partial charge is 0.0275 e. The van der Waals surface area contributed by atoms with Crippen LogP contribution in [0.5, 0.6) is 0 Å². The zero-order valence-electron chi connectivity index (χ0n) is 12.8. The van der Waals surface area contributed by atoms with Gasteiger partial charge in [-0.2, -0.15) is 0 Å². The van der Waals surface area contributed by atoms with Crippen molar-refractivity contribution in [2.24, 2.45) is 11.8 Å². The second-order valence-electron chi connectivity index (χ2n) is 6.84. The number of hydrogen-bond donors (Lipinski definition) is 1. The van der Waals surface area contributed by atoms with Crippen molar-refractivity contribution in [3.05, 3.63) is 0 Å². The Hall–Kier alpha value is -0.120. The first-order valence-electron chi connectivity index (χ1n) is 7.60. The van der Waals surface area contributed by atoms with Crippen molar-refractivity contribution in [2.45, 2.75) is 51.2 Å². The average molecular weight is 253 g/mol. The summed E-state index contributed by atoms with van der Waals surface area (Å²) in [5.41, 5.74) is 0. The van der Waals surface area contributed by atoms with Crippen LogP contribution >= 0.6 is 0 Å². The van der Waals surface area contributed by atoms with Crippen LogP contribution < -0.4 is 5.32 Å². The summed E-state index contributed by atoms with van der Waals surface area (Å²) in [6, 6.07) is 2.19. The maximum Gasteiger partial charge on any atom is 0.0275 e. The van der Waals surface area contributed by atoms with Crippen molar-refractivity contribution in [3.63, 3.8) is 0 Å². The zero-order chi connectivity index (χ0) is 13.3. The molecule has 106 valence electrons. The van der Waals surface area contributed by atoms with Gasteiger partial charge in [0, 0.05) is 31.2 Å². The third-order valence-electron chi connectivity index (χ3n) is 5.14. The van der Waals surface area contributed by atoms with E-state index in [0.717, 1.165) is 23.9 Å². The van der Waals surface area contributed by atoms with Crippen molar-refractivity contribution in [1.29, 1.82) is 0 Å². The Bertz CT molecular complexity index is 266. The molecular weight excluding hydrogens is 222 g/mol. The van der Waals surface area contributed by atoms with Crippen LogP contribution in [0.15, 0.2) is 0 Å². The summed E-state index contributed by atoms with van der Waals surface area (Å²) in [4.78, 5) is 5.15. The highest BCUT2D eigenvalue weighted by Gasteiger charge is 2.39. The highest BCUT2D eigenvalue weighted by molar-refractivity contribution is 4.97. The molecule has 3 nitrogen and oxygen atoms in total. The Morgan fingerprint density at radius 1 is 1.17 bits per heavy atom. The van der Waals surface area contributed by atoms with Gasteiger partial charge in [0.25, 0.3) is 0 Å². The van der Waals surface area contributed by atoms with Crippen molar-refractivity contribution >= 4 is 0 Å². The molecule has 5 atom stereocenters. The lowest BCUT2D eigenvalue weighted by Crippen LogP contribution is -2.55. The van der Waals surface area contributed by atoms with Crippen LogP contribution in [0.3, 0.4) is 0 Å². The summed E-state index contributed by atoms with van der Waals surface area (Å²) in [6.07, 6.45) is 4.07. The standard InChI is InChI=1S/C15H31N3/c1-11-8-12(2)15(14(9-11)16-3)18-7-6-13(10-18)17(4)5/h11-16H,6-10H2,1-5H3. The van der Waals surface area contributed by atoms with Crippen LogP contribution in [0.2, 0.25) is 0 Å². The van der Waals surface area contributed by atoms with E-state index in [0.29, 0.717) is 6.04 Å². The fourth-order valence-electron chi connectivity index (χ4n) is 4.20. The molecule has 18 heavy (non-hydrogen) atoms. The zero-order valence-corrected chi connectivity index (χ0v) is 12.8. The van der Waals surface area contributed by atoms with Crippen LogP contribution in [0.25, 0.3) is 0 Å². The third-order valence-corrected chi connectivity index (χ3v) is 5.14. The molecule has 0 bridgehead atoms. The Kier molecular flexibility index (Phi) is 4.68. The first-order chi connectivity index (χ1) is 8.52. The molecule has 1 aliphatic carbocycles. The van der Waals surface area contributed by atoms with Gasteiger partial charge in [0.05, 0.1) is 0 Å². The number of rotatable bonds is 3. The fraction of sp³-hybridized carbons (Fsp3) is 1.00. The fourth-order valence-corrected chi connectivity index (χ4v) is 4.20. The average Bonchev–Trinajstić information content (AvgIpc) is 2.77. The number of likely N-dealkylation sites (tertiary alicyclic amines) is 1. The first-order valence-corrected chi connectivity index (χ1v) is 7.60. The monoisotopic (exact) mass is 253 g/mol. The molecule has 1 saturated carbocycles. The highest BCUT2D eigenvalue weighted by atomic mass is 15.3. The van der Waals surface area contributed by atoms with Crippen LogP contribution in [-0.4, -0.2) is 62.2 Å². The van der Waals surface area contributed by atoms with E-state index in [4.69, 9.17) is 0 Å². The third kappa shape index (κ3) is 2.89. The SMILES string of the molecule is CNC1CC(C)CC(C)C1N1CCC(N(C)C)C1. The minimum atomic E-state index is 0.685. The van der Waals surface area contributed by atoms with Gasteiger partial charge in [0.2, 0.25) is 0 Å². The predicted octanol–water partition coefficient (Wildman–Crippen LogP) is 1.64. The summed E-state index contributed by atoms with van der Waals surface area (Å²) in [6.45, 7) is 7.40. The van der Waals surface area contributed by atoms with Gasteiger partial charge in [-0.25, -0.2) is 0 Å². The lowest BCUT2D eigenvalue weighted by Gasteiger charge is -2.44. The molecule has 0 amide bonds. The van der Waals surface area contributed by atoms with E-state index in [9.17, 15) is 0 Å². The topological polar surface area (TPSA) is 18.5 Å². The molecule has 1 aliphatic heterocycles. The van der Waals surface area contributed by atoms with E-state index >= 15 is 0 Å². The molecule has 1 saturated heterocycles. The lowest BCUT2D eigenvalue weighted by molar-refractivity contribution is 0.0773. The molecule has 3 heteroatoms. The van der Waals surface area contributed by atoms with Gasteiger partial charge in [-0.05, 0) is 52.2 Å². The van der Waals surface area contributed by atoms with Crippen molar-refractivity contribution in [1.82, 2.24) is 15.1 Å². The highest BCUT2D eigenvalue weighted by Crippen LogP contribution is 2.34. The molecule has 0 aromatic carbocycles. The van der Waals surface area contributed by atoms with E-state index in [-0.39, 0.29) is 0 Å². The van der Waals surface area contributed by atoms with E-state index in [1.54, 1.807) is 0 Å². The van der Waals surface area contributed by atoms with Crippen LogP contribution in [0.4, 0.5) is 0 Å². The Balaban J connectivity index is 2.02. The van der Waals surface area contributed by atoms with Gasteiger partial charge in [-0.1, -0.05) is 13.8 Å². The molecule has 2 aliphatic rings. The quantitative estimate of drug-likeness (QED) is 0.825. The molecule has 0 aromatic rings. The molecule has 0 aromatic heterocycles. The first kappa shape index (κ1) is 14.3. The van der Waals surface area contributed by atoms with E-state index in [1.807, 2.05) is 0 Å². The molecule has 0 radical (unpaired) electrons. The van der Waals surface area contributed by atoms with Gasteiger partial charge < -0.3 is 10.2 Å². The summed E-state index contributed by atoms with van der Waals surface area (Å²) in [5.74, 6) is 1.70. The lowest BCUT2D eigenvalue weighted by atomic mass is 9.76. The minimum Gasteiger partial charge on any atom is -0.315 e. The summed E-state index contributed by atoms with van der Waals surface area (Å²) >= 11 is 0. The second-order valence-corrected chi connectivity index (χ2v) is 6.84. The number of hydrogen-bond acceptors (Lipinski definition) is 3. The molecule has 1 N–H and O–H groups in total. The number of nitrogens with one attached hydrogen (secondary N) is 1. The molecule has 0 spiro atoms. The van der Waals surface area contributed by atoms with Gasteiger partial charge in [-0.3, -0.25) is 4.90 Å². The van der Waals surface area contributed by atoms with E-state index in [2.05, 4.69) is 50.1 Å². The largest absolute Gasteiger partial charge is 0.315 e. The van der Waals surface area contributed by atoms with Gasteiger partial charge in [0.1, 0.15) is 0 Å². The predicted molar refractivity (Wildman–Crippen MR) is 77.9 cm³/mol. The van der Waals surface area contributed by atoms with Crippen LogP contribution in [0, 0.1) is 11.8 Å². The molecule has 2 rings (SSSR count). The minimum absolute atomic E-state index is 0.685. The van der Waals surface area contributed by atoms with Crippen molar-refractivity contribution < 1.29 is 0 Å². The van der Waals surface area contributed by atoms with Crippen LogP contribution in [-0.2, 0) is 0 Å². The Labute approximate surface area is 113 Å². The second kappa shape index (κ2) is 5.89. The summed E-state index contributed by atoms with van der Waals surface area (Å²) in [5, 5.41) is 3.58. The molecule has 1 heterocycles. The Morgan fingerprint density at radius 3 is 2.44 bits per heavy atom. The van der Waals surface area contributed by atoms with Gasteiger partial charge in [-0.15, -0.1) is 0 Å². The summed E-state index contributed by atoms with van der Waals surface area (Å²) < 4.78 is 0. The maximum atomic E-state index is 3.58. The number of nitrogens with zero attached hydrogens (tertiary/aromatic N) is 2. The van der Waals surface area contributed by atoms with Crippen molar-refractivity contribution in [3.8, 4) is 0 Å². The van der Waals surface area contributed by atoms with Crippen LogP contribution in [0.1, 0.15) is 33.1 Å². The molecular formula is C15H31N3. The number of likely N-dealkylation sites (N-methyl/N-ethyl adjacent to an activating group) is 2. The normalized spacial score (nSPS) is 42.7. The summed E-state index contributed by atoms with van der Waals surface area (Å²) in [7, 11) is 6.58. The molecule has 5 unspecified atom stereocenters. The Morgan fingerprint density at radius 2 is 1.89 bits per heavy atom.